The van der Waals surface area contributed by atoms with Crippen LogP contribution in [0.5, 0.6) is 0 Å². The zero-order chi connectivity index (χ0) is 22.5. The second kappa shape index (κ2) is 13.3. The fraction of sp³-hybridized carbons (Fsp3) is 0.280. The monoisotopic (exact) mass is 421 g/mol. The molecule has 0 spiro atoms. The average Bonchev–Trinajstić information content (AvgIpc) is 3.12. The molecule has 1 amide bonds. The third kappa shape index (κ3) is 7.81. The third-order valence-electron chi connectivity index (χ3n) is 4.13. The topological polar surface area (TPSA) is 38.1 Å². The van der Waals surface area contributed by atoms with Crippen molar-refractivity contribution < 1.29 is 4.79 Å². The molecule has 1 heterocycles. The summed E-state index contributed by atoms with van der Waals surface area (Å²) in [6, 6.07) is 18.9. The van der Waals surface area contributed by atoms with Crippen LogP contribution < -0.4 is 0 Å². The largest absolute Gasteiger partial charge is 0.349 e. The van der Waals surface area contributed by atoms with Crippen LogP contribution in [0.15, 0.2) is 70.8 Å². The van der Waals surface area contributed by atoms with Crippen LogP contribution in [0.2, 0.25) is 0 Å². The molecule has 3 aromatic rings. The van der Waals surface area contributed by atoms with Gasteiger partial charge in [-0.15, -0.1) is 12.8 Å². The van der Waals surface area contributed by atoms with Gasteiger partial charge in [0.05, 0.1) is 6.33 Å². The minimum absolute atomic E-state index is 0.215. The third-order valence-corrected chi connectivity index (χ3v) is 5.31. The van der Waals surface area contributed by atoms with Gasteiger partial charge in [-0.2, -0.15) is 0 Å². The number of aromatic nitrogens is 2. The molecule has 0 N–H and O–H groups in total. The number of terminal acetylenes is 1. The fourth-order valence-corrected chi connectivity index (χ4v) is 3.44. The van der Waals surface area contributed by atoms with E-state index in [2.05, 4.69) is 65.7 Å². The Bertz CT molecular complexity index is 913. The Hall–Kier alpha value is -2.97. The molecule has 3 rings (SSSR count). The highest BCUT2D eigenvalue weighted by atomic mass is 32.2. The van der Waals surface area contributed by atoms with Crippen molar-refractivity contribution in [2.45, 2.75) is 36.6 Å². The van der Waals surface area contributed by atoms with Crippen molar-refractivity contribution >= 4 is 17.7 Å². The number of carbonyl (C=O) groups is 1. The van der Waals surface area contributed by atoms with E-state index >= 15 is 0 Å². The summed E-state index contributed by atoms with van der Waals surface area (Å²) in [5.41, 5.74) is 3.48. The number of rotatable bonds is 5. The van der Waals surface area contributed by atoms with Gasteiger partial charge < -0.3 is 9.47 Å². The van der Waals surface area contributed by atoms with Crippen molar-refractivity contribution in [1.82, 2.24) is 14.5 Å². The van der Waals surface area contributed by atoms with Crippen LogP contribution in [-0.2, 0) is 11.8 Å². The molecule has 0 fully saturated rings. The first-order chi connectivity index (χ1) is 14.4. The van der Waals surface area contributed by atoms with Gasteiger partial charge in [-0.3, -0.25) is 4.79 Å². The summed E-state index contributed by atoms with van der Waals surface area (Å²) in [4.78, 5) is 18.1. The van der Waals surface area contributed by atoms with Gasteiger partial charge in [0, 0.05) is 38.0 Å². The highest BCUT2D eigenvalue weighted by Gasteiger charge is 2.12. The molecule has 0 bridgehead atoms. The number of benzene rings is 2. The molecule has 0 aliphatic rings. The van der Waals surface area contributed by atoms with E-state index in [1.807, 2.05) is 38.5 Å². The predicted octanol–water partition coefficient (Wildman–Crippen LogP) is 5.67. The van der Waals surface area contributed by atoms with Crippen molar-refractivity contribution in [3.05, 3.63) is 66.5 Å². The number of aryl methyl sites for hydroxylation is 2. The van der Waals surface area contributed by atoms with Gasteiger partial charge in [0.25, 0.3) is 0 Å². The normalized spacial score (nSPS) is 9.57. The Labute approximate surface area is 185 Å². The summed E-state index contributed by atoms with van der Waals surface area (Å²) in [6.07, 6.45) is 11.5. The molecule has 0 radical (unpaired) electrons. The van der Waals surface area contributed by atoms with E-state index < -0.39 is 0 Å². The zero-order valence-corrected chi connectivity index (χ0v) is 19.3. The molecule has 1 aromatic heterocycles. The molecule has 30 heavy (non-hydrogen) atoms. The summed E-state index contributed by atoms with van der Waals surface area (Å²) < 4.78 is 2.08. The Morgan fingerprint density at radius 1 is 1.07 bits per heavy atom. The van der Waals surface area contributed by atoms with E-state index in [-0.39, 0.29) is 5.91 Å². The molecule has 4 nitrogen and oxygen atoms in total. The number of carbonyl (C=O) groups excluding carboxylic acids is 1. The van der Waals surface area contributed by atoms with Crippen LogP contribution in [0.25, 0.3) is 11.3 Å². The second-order valence-electron chi connectivity index (χ2n) is 6.83. The lowest BCUT2D eigenvalue weighted by molar-refractivity contribution is -0.128. The summed E-state index contributed by atoms with van der Waals surface area (Å²) in [6.45, 7) is 4.11. The summed E-state index contributed by atoms with van der Waals surface area (Å²) >= 11 is 1.75. The van der Waals surface area contributed by atoms with Crippen LogP contribution >= 0.6 is 11.8 Å². The Kier molecular flexibility index (Phi) is 11.1. The van der Waals surface area contributed by atoms with Crippen LogP contribution in [-0.4, -0.2) is 34.5 Å². The Morgan fingerprint density at radius 2 is 1.67 bits per heavy atom. The van der Waals surface area contributed by atoms with Crippen LogP contribution in [0.1, 0.15) is 25.3 Å². The van der Waals surface area contributed by atoms with E-state index in [0.717, 1.165) is 17.7 Å². The van der Waals surface area contributed by atoms with E-state index in [0.29, 0.717) is 6.42 Å². The predicted molar refractivity (Wildman–Crippen MR) is 127 cm³/mol. The van der Waals surface area contributed by atoms with Crippen LogP contribution in [0.3, 0.4) is 0 Å². The number of nitrogens with zero attached hydrogens (tertiary/aromatic N) is 3. The number of imidazole rings is 1. The molecular weight excluding hydrogens is 390 g/mol. The lowest BCUT2D eigenvalue weighted by Gasteiger charge is -2.07. The first-order valence-electron chi connectivity index (χ1n) is 9.77. The maximum Gasteiger partial charge on any atom is 0.222 e. The zero-order valence-electron chi connectivity index (χ0n) is 18.5. The lowest BCUT2D eigenvalue weighted by Crippen LogP contribution is -2.20. The molecule has 0 atom stereocenters. The maximum atomic E-state index is 10.7. The summed E-state index contributed by atoms with van der Waals surface area (Å²) in [7, 11) is 5.59. The minimum atomic E-state index is 0.215. The quantitative estimate of drug-likeness (QED) is 0.498. The van der Waals surface area contributed by atoms with Crippen LogP contribution in [0, 0.1) is 19.8 Å². The van der Waals surface area contributed by atoms with Gasteiger partial charge in [-0.25, -0.2) is 4.98 Å². The molecule has 0 saturated carbocycles. The standard InChI is InChI=1S/C17H16N2S.C6H13NO.C2H2/c1-13-8-10-15(11-9-13)20-17-16(18-12-19(17)2)14-6-4-3-5-7-14;1-4-5-6(8)7(2)3;1-2/h3-12H,1-2H3;4-5H2,1-3H3;1-2H. The van der Waals surface area contributed by atoms with Gasteiger partial charge in [0.15, 0.2) is 0 Å². The Morgan fingerprint density at radius 3 is 2.17 bits per heavy atom. The number of hydrogen-bond donors (Lipinski definition) is 0. The first-order valence-corrected chi connectivity index (χ1v) is 10.6. The number of hydrogen-bond acceptors (Lipinski definition) is 3. The lowest BCUT2D eigenvalue weighted by atomic mass is 10.2. The van der Waals surface area contributed by atoms with Crippen LogP contribution in [0.4, 0.5) is 0 Å². The Balaban J connectivity index is 0.000000383. The van der Waals surface area contributed by atoms with E-state index in [1.165, 1.54) is 15.5 Å². The average molecular weight is 422 g/mol. The smallest absolute Gasteiger partial charge is 0.222 e. The summed E-state index contributed by atoms with van der Waals surface area (Å²) in [5.74, 6) is 0.215. The minimum Gasteiger partial charge on any atom is -0.349 e. The van der Waals surface area contributed by atoms with Gasteiger partial charge in [0.2, 0.25) is 5.91 Å². The van der Waals surface area contributed by atoms with Crippen molar-refractivity contribution in [3.8, 4) is 24.1 Å². The highest BCUT2D eigenvalue weighted by Crippen LogP contribution is 2.34. The summed E-state index contributed by atoms with van der Waals surface area (Å²) in [5, 5.41) is 1.17. The van der Waals surface area contributed by atoms with E-state index in [1.54, 1.807) is 30.8 Å². The van der Waals surface area contributed by atoms with Crippen molar-refractivity contribution in [2.24, 2.45) is 7.05 Å². The van der Waals surface area contributed by atoms with Gasteiger partial charge in [0.1, 0.15) is 10.7 Å². The molecule has 0 aliphatic heterocycles. The van der Waals surface area contributed by atoms with Gasteiger partial charge in [-0.1, -0.05) is 66.7 Å². The molecule has 2 aromatic carbocycles. The van der Waals surface area contributed by atoms with Gasteiger partial charge in [-0.05, 0) is 25.5 Å². The molecule has 5 heteroatoms. The molecule has 0 aliphatic carbocycles. The molecular formula is C25H31N3OS. The fourth-order valence-electron chi connectivity index (χ4n) is 2.49. The van der Waals surface area contributed by atoms with Crippen molar-refractivity contribution in [3.63, 3.8) is 0 Å². The van der Waals surface area contributed by atoms with Crippen molar-refractivity contribution in [2.75, 3.05) is 14.1 Å². The SMILES string of the molecule is C#C.CCCC(=O)N(C)C.Cc1ccc(Sc2c(-c3ccccc3)ncn2C)cc1. The molecule has 0 saturated heterocycles. The van der Waals surface area contributed by atoms with E-state index in [4.69, 9.17) is 0 Å². The van der Waals surface area contributed by atoms with Crippen molar-refractivity contribution in [1.29, 1.82) is 0 Å². The first kappa shape index (κ1) is 25.1. The molecule has 158 valence electrons. The van der Waals surface area contributed by atoms with Gasteiger partial charge >= 0.3 is 0 Å². The number of amides is 1. The second-order valence-corrected chi connectivity index (χ2v) is 7.89. The maximum absolute atomic E-state index is 10.7. The highest BCUT2D eigenvalue weighted by molar-refractivity contribution is 7.99. The van der Waals surface area contributed by atoms with E-state index in [9.17, 15) is 4.79 Å². The molecule has 0 unspecified atom stereocenters.